The van der Waals surface area contributed by atoms with Crippen LogP contribution in [0.4, 0.5) is 0 Å². The van der Waals surface area contributed by atoms with Crippen LogP contribution in [0.3, 0.4) is 0 Å². The van der Waals surface area contributed by atoms with Gasteiger partial charge in [-0.1, -0.05) is 6.92 Å². The Morgan fingerprint density at radius 1 is 1.06 bits per heavy atom. The molecule has 92 valence electrons. The van der Waals surface area contributed by atoms with Crippen LogP contribution in [0.25, 0.3) is 0 Å². The van der Waals surface area contributed by atoms with Crippen molar-refractivity contribution in [3.8, 4) is 0 Å². The summed E-state index contributed by atoms with van der Waals surface area (Å²) in [5.74, 6) is 0.772. The summed E-state index contributed by atoms with van der Waals surface area (Å²) >= 11 is 0. The van der Waals surface area contributed by atoms with Crippen molar-refractivity contribution in [3.05, 3.63) is 0 Å². The molecule has 2 aliphatic heterocycles. The second-order valence-corrected chi connectivity index (χ2v) is 5.96. The van der Waals surface area contributed by atoms with Gasteiger partial charge in [0.05, 0.1) is 18.3 Å². The standard InChI is InChI=1S/C13H23NO2/c1-9-2-5-13(15)12(6-9)14-7-10-3-4-11(8-14)16-10/h9-13,15H,2-8H2,1H3. The van der Waals surface area contributed by atoms with Gasteiger partial charge in [-0.3, -0.25) is 4.90 Å². The number of fused-ring (bicyclic) bond motifs is 2. The van der Waals surface area contributed by atoms with Gasteiger partial charge in [0, 0.05) is 19.1 Å². The van der Waals surface area contributed by atoms with Crippen LogP contribution in [-0.4, -0.2) is 47.4 Å². The Labute approximate surface area is 97.8 Å². The van der Waals surface area contributed by atoms with Gasteiger partial charge in [-0.05, 0) is 38.0 Å². The molecule has 3 nitrogen and oxygen atoms in total. The SMILES string of the molecule is CC1CCC(O)C(N2CC3CCC(C2)O3)C1. The fraction of sp³-hybridized carbons (Fsp3) is 1.00. The van der Waals surface area contributed by atoms with Crippen molar-refractivity contribution in [2.24, 2.45) is 5.92 Å². The third-order valence-corrected chi connectivity index (χ3v) is 4.58. The summed E-state index contributed by atoms with van der Waals surface area (Å²) in [4.78, 5) is 2.51. The number of nitrogens with zero attached hydrogens (tertiary/aromatic N) is 1. The molecular formula is C13H23NO2. The van der Waals surface area contributed by atoms with Crippen LogP contribution in [0.15, 0.2) is 0 Å². The predicted octanol–water partition coefficient (Wildman–Crippen LogP) is 1.40. The van der Waals surface area contributed by atoms with Crippen molar-refractivity contribution in [1.29, 1.82) is 0 Å². The average Bonchev–Trinajstić information content (AvgIpc) is 2.61. The highest BCUT2D eigenvalue weighted by Gasteiger charge is 2.40. The minimum Gasteiger partial charge on any atom is -0.391 e. The first-order valence-corrected chi connectivity index (χ1v) is 6.80. The van der Waals surface area contributed by atoms with Crippen LogP contribution in [0, 0.1) is 5.92 Å². The fourth-order valence-electron chi connectivity index (χ4n) is 3.64. The molecule has 5 unspecified atom stereocenters. The number of aliphatic hydroxyl groups is 1. The lowest BCUT2D eigenvalue weighted by molar-refractivity contribution is -0.0850. The molecule has 1 N–H and O–H groups in total. The maximum absolute atomic E-state index is 10.1. The van der Waals surface area contributed by atoms with E-state index in [1.54, 1.807) is 0 Å². The Bertz CT molecular complexity index is 246. The van der Waals surface area contributed by atoms with E-state index in [2.05, 4.69) is 11.8 Å². The Balaban J connectivity index is 1.67. The lowest BCUT2D eigenvalue weighted by Gasteiger charge is -2.43. The second-order valence-electron chi connectivity index (χ2n) is 5.96. The average molecular weight is 225 g/mol. The van der Waals surface area contributed by atoms with Gasteiger partial charge < -0.3 is 9.84 Å². The quantitative estimate of drug-likeness (QED) is 0.732. The van der Waals surface area contributed by atoms with E-state index in [-0.39, 0.29) is 6.10 Å². The minimum atomic E-state index is -0.103. The molecule has 3 rings (SSSR count). The normalized spacial score (nSPS) is 49.5. The van der Waals surface area contributed by atoms with Gasteiger partial charge in [-0.25, -0.2) is 0 Å². The molecule has 0 radical (unpaired) electrons. The summed E-state index contributed by atoms with van der Waals surface area (Å²) in [5, 5.41) is 10.1. The van der Waals surface area contributed by atoms with Crippen LogP contribution in [0.2, 0.25) is 0 Å². The molecule has 3 aliphatic rings. The maximum Gasteiger partial charge on any atom is 0.0707 e. The zero-order valence-electron chi connectivity index (χ0n) is 10.1. The molecule has 0 aromatic heterocycles. The lowest BCUT2D eigenvalue weighted by Crippen LogP contribution is -2.54. The highest BCUT2D eigenvalue weighted by Crippen LogP contribution is 2.33. The van der Waals surface area contributed by atoms with Crippen molar-refractivity contribution >= 4 is 0 Å². The van der Waals surface area contributed by atoms with Gasteiger partial charge in [0.15, 0.2) is 0 Å². The van der Waals surface area contributed by atoms with Crippen molar-refractivity contribution in [2.75, 3.05) is 13.1 Å². The first-order valence-electron chi connectivity index (χ1n) is 6.80. The minimum absolute atomic E-state index is 0.103. The maximum atomic E-state index is 10.1. The van der Waals surface area contributed by atoms with E-state index in [0.29, 0.717) is 18.2 Å². The highest BCUT2D eigenvalue weighted by atomic mass is 16.5. The molecule has 2 bridgehead atoms. The first kappa shape index (κ1) is 11.0. The van der Waals surface area contributed by atoms with Gasteiger partial charge in [0.2, 0.25) is 0 Å². The molecular weight excluding hydrogens is 202 g/mol. The number of rotatable bonds is 1. The third kappa shape index (κ3) is 2.01. The molecule has 0 aromatic carbocycles. The molecule has 3 heteroatoms. The molecule has 16 heavy (non-hydrogen) atoms. The van der Waals surface area contributed by atoms with Crippen LogP contribution in [0.5, 0.6) is 0 Å². The van der Waals surface area contributed by atoms with E-state index in [1.807, 2.05) is 0 Å². The van der Waals surface area contributed by atoms with E-state index in [4.69, 9.17) is 4.74 Å². The van der Waals surface area contributed by atoms with Crippen molar-refractivity contribution < 1.29 is 9.84 Å². The third-order valence-electron chi connectivity index (χ3n) is 4.58. The summed E-state index contributed by atoms with van der Waals surface area (Å²) in [6.07, 6.45) is 6.58. The van der Waals surface area contributed by atoms with Crippen molar-refractivity contribution in [1.82, 2.24) is 4.90 Å². The van der Waals surface area contributed by atoms with Crippen LogP contribution >= 0.6 is 0 Å². The van der Waals surface area contributed by atoms with E-state index in [9.17, 15) is 5.11 Å². The van der Waals surface area contributed by atoms with E-state index < -0.39 is 0 Å². The van der Waals surface area contributed by atoms with E-state index in [0.717, 1.165) is 25.4 Å². The molecule has 0 amide bonds. The van der Waals surface area contributed by atoms with E-state index in [1.165, 1.54) is 25.7 Å². The van der Waals surface area contributed by atoms with Crippen molar-refractivity contribution in [3.63, 3.8) is 0 Å². The smallest absolute Gasteiger partial charge is 0.0707 e. The first-order chi connectivity index (χ1) is 7.72. The molecule has 0 aromatic rings. The van der Waals surface area contributed by atoms with Crippen LogP contribution in [0.1, 0.15) is 39.0 Å². The number of ether oxygens (including phenoxy) is 1. The Kier molecular flexibility index (Phi) is 2.94. The van der Waals surface area contributed by atoms with Crippen LogP contribution in [-0.2, 0) is 4.74 Å². The molecule has 5 atom stereocenters. The monoisotopic (exact) mass is 225 g/mol. The number of morpholine rings is 1. The van der Waals surface area contributed by atoms with Gasteiger partial charge in [0.1, 0.15) is 0 Å². The number of hydrogen-bond donors (Lipinski definition) is 1. The molecule has 1 saturated carbocycles. The van der Waals surface area contributed by atoms with Gasteiger partial charge >= 0.3 is 0 Å². The topological polar surface area (TPSA) is 32.7 Å². The molecule has 2 saturated heterocycles. The number of hydrogen-bond acceptors (Lipinski definition) is 3. The Morgan fingerprint density at radius 3 is 2.44 bits per heavy atom. The summed E-state index contributed by atoms with van der Waals surface area (Å²) in [6, 6.07) is 0.399. The van der Waals surface area contributed by atoms with Crippen LogP contribution < -0.4 is 0 Å². The molecule has 2 heterocycles. The summed E-state index contributed by atoms with van der Waals surface area (Å²) in [7, 11) is 0. The summed E-state index contributed by atoms with van der Waals surface area (Å²) < 4.78 is 5.86. The summed E-state index contributed by atoms with van der Waals surface area (Å²) in [6.45, 7) is 4.41. The zero-order chi connectivity index (χ0) is 11.1. The number of likely N-dealkylation sites (tertiary alicyclic amines) is 1. The summed E-state index contributed by atoms with van der Waals surface area (Å²) in [5.41, 5.74) is 0. The Morgan fingerprint density at radius 2 is 1.75 bits per heavy atom. The van der Waals surface area contributed by atoms with E-state index >= 15 is 0 Å². The largest absolute Gasteiger partial charge is 0.391 e. The van der Waals surface area contributed by atoms with Crippen molar-refractivity contribution in [2.45, 2.75) is 63.4 Å². The molecule has 0 spiro atoms. The second kappa shape index (κ2) is 4.28. The van der Waals surface area contributed by atoms with Gasteiger partial charge in [0.25, 0.3) is 0 Å². The zero-order valence-corrected chi connectivity index (χ0v) is 10.1. The number of aliphatic hydroxyl groups excluding tert-OH is 1. The fourth-order valence-corrected chi connectivity index (χ4v) is 3.64. The van der Waals surface area contributed by atoms with Gasteiger partial charge in [-0.15, -0.1) is 0 Å². The Hall–Kier alpha value is -0.120. The molecule has 3 fully saturated rings. The molecule has 1 aliphatic carbocycles. The van der Waals surface area contributed by atoms with Gasteiger partial charge in [-0.2, -0.15) is 0 Å². The lowest BCUT2D eigenvalue weighted by atomic mass is 9.84. The highest BCUT2D eigenvalue weighted by molar-refractivity contribution is 4.92. The predicted molar refractivity (Wildman–Crippen MR) is 62.3 cm³/mol.